The molecule has 1 heterocycles. The summed E-state index contributed by atoms with van der Waals surface area (Å²) >= 11 is 0. The zero-order valence-electron chi connectivity index (χ0n) is 16.1. The predicted molar refractivity (Wildman–Crippen MR) is 107 cm³/mol. The fourth-order valence-electron chi connectivity index (χ4n) is 3.27. The Bertz CT molecular complexity index is 799. The second kappa shape index (κ2) is 8.25. The van der Waals surface area contributed by atoms with Crippen molar-refractivity contribution in [2.75, 3.05) is 23.9 Å². The van der Waals surface area contributed by atoms with Crippen molar-refractivity contribution in [2.24, 2.45) is 5.92 Å². The van der Waals surface area contributed by atoms with Crippen LogP contribution < -0.4 is 15.0 Å². The van der Waals surface area contributed by atoms with Gasteiger partial charge in [0.15, 0.2) is 0 Å². The number of nitrogens with zero attached hydrogens (tertiary/aromatic N) is 1. The quantitative estimate of drug-likeness (QED) is 0.833. The van der Waals surface area contributed by atoms with E-state index in [1.165, 1.54) is 5.56 Å². The molecular weight excluding hydrogens is 340 g/mol. The van der Waals surface area contributed by atoms with E-state index in [0.29, 0.717) is 12.5 Å². The van der Waals surface area contributed by atoms with Gasteiger partial charge in [0, 0.05) is 24.3 Å². The van der Waals surface area contributed by atoms with Gasteiger partial charge in [-0.25, -0.2) is 0 Å². The summed E-state index contributed by atoms with van der Waals surface area (Å²) in [6, 6.07) is 15.3. The van der Waals surface area contributed by atoms with Crippen LogP contribution in [-0.4, -0.2) is 25.5 Å². The van der Waals surface area contributed by atoms with E-state index < -0.39 is 0 Å². The molecule has 0 aromatic heterocycles. The summed E-state index contributed by atoms with van der Waals surface area (Å²) in [5.74, 6) is 0.734. The smallest absolute Gasteiger partial charge is 0.229 e. The Morgan fingerprint density at radius 2 is 1.85 bits per heavy atom. The van der Waals surface area contributed by atoms with Crippen molar-refractivity contribution in [3.8, 4) is 5.75 Å². The lowest BCUT2D eigenvalue weighted by Crippen LogP contribution is -2.28. The third-order valence-electron chi connectivity index (χ3n) is 5.24. The van der Waals surface area contributed by atoms with Crippen LogP contribution in [0.2, 0.25) is 0 Å². The molecule has 2 atom stereocenters. The molecule has 1 N–H and O–H groups in total. The maximum Gasteiger partial charge on any atom is 0.229 e. The first-order chi connectivity index (χ1) is 13.0. The van der Waals surface area contributed by atoms with Gasteiger partial charge in [0.05, 0.1) is 13.0 Å². The Balaban J connectivity index is 1.63. The van der Waals surface area contributed by atoms with E-state index in [-0.39, 0.29) is 24.2 Å². The van der Waals surface area contributed by atoms with Gasteiger partial charge in [-0.2, -0.15) is 0 Å². The molecule has 1 saturated heterocycles. The molecule has 5 nitrogen and oxygen atoms in total. The van der Waals surface area contributed by atoms with Crippen LogP contribution in [0.25, 0.3) is 0 Å². The second-order valence-electron chi connectivity index (χ2n) is 7.02. The Hall–Kier alpha value is -2.82. The molecule has 27 heavy (non-hydrogen) atoms. The minimum absolute atomic E-state index is 0.0348. The van der Waals surface area contributed by atoms with Crippen LogP contribution in [0.3, 0.4) is 0 Å². The number of methoxy groups -OCH3 is 1. The highest BCUT2D eigenvalue weighted by molar-refractivity contribution is 6.03. The predicted octanol–water partition coefficient (Wildman–Crippen LogP) is 4.20. The van der Waals surface area contributed by atoms with Gasteiger partial charge in [-0.05, 0) is 54.3 Å². The first kappa shape index (κ1) is 19.0. The molecule has 2 aromatic rings. The average Bonchev–Trinajstić information content (AvgIpc) is 3.10. The number of hydrogen-bond donors (Lipinski definition) is 1. The number of anilines is 2. The molecule has 2 aromatic carbocycles. The summed E-state index contributed by atoms with van der Waals surface area (Å²) in [5, 5.41) is 2.94. The first-order valence-corrected chi connectivity index (χ1v) is 9.37. The number of ether oxygens (including phenoxy) is 1. The normalized spacial score (nSPS) is 17.7. The van der Waals surface area contributed by atoms with Gasteiger partial charge in [0.25, 0.3) is 0 Å². The van der Waals surface area contributed by atoms with Crippen LogP contribution in [0.1, 0.15) is 38.2 Å². The molecule has 1 aliphatic heterocycles. The Kier molecular flexibility index (Phi) is 5.79. The molecule has 1 aliphatic rings. The number of nitrogens with one attached hydrogen (secondary N) is 1. The largest absolute Gasteiger partial charge is 0.497 e. The van der Waals surface area contributed by atoms with E-state index in [1.54, 1.807) is 12.0 Å². The molecular formula is C22H26N2O3. The van der Waals surface area contributed by atoms with Crippen molar-refractivity contribution >= 4 is 23.2 Å². The second-order valence-corrected chi connectivity index (χ2v) is 7.02. The lowest BCUT2D eigenvalue weighted by atomic mass is 9.98. The number of rotatable bonds is 6. The average molecular weight is 366 g/mol. The topological polar surface area (TPSA) is 58.6 Å². The van der Waals surface area contributed by atoms with Crippen molar-refractivity contribution in [3.05, 3.63) is 54.1 Å². The molecule has 3 rings (SSSR count). The zero-order chi connectivity index (χ0) is 19.4. The van der Waals surface area contributed by atoms with Gasteiger partial charge >= 0.3 is 0 Å². The monoisotopic (exact) mass is 366 g/mol. The maximum absolute atomic E-state index is 12.6. The summed E-state index contributed by atoms with van der Waals surface area (Å²) in [6.07, 6.45) is 1.31. The summed E-state index contributed by atoms with van der Waals surface area (Å²) in [4.78, 5) is 26.6. The molecule has 2 amide bonds. The van der Waals surface area contributed by atoms with Crippen LogP contribution in [-0.2, 0) is 9.59 Å². The van der Waals surface area contributed by atoms with Crippen LogP contribution >= 0.6 is 0 Å². The molecule has 0 spiro atoms. The van der Waals surface area contributed by atoms with Gasteiger partial charge in [0.1, 0.15) is 5.75 Å². The van der Waals surface area contributed by atoms with Crippen LogP contribution in [0.15, 0.2) is 48.5 Å². The molecule has 142 valence electrons. The molecule has 0 unspecified atom stereocenters. The molecule has 0 saturated carbocycles. The number of hydrogen-bond acceptors (Lipinski definition) is 3. The van der Waals surface area contributed by atoms with Crippen molar-refractivity contribution in [1.29, 1.82) is 0 Å². The third kappa shape index (κ3) is 4.30. The number of carbonyl (C=O) groups is 2. The lowest BCUT2D eigenvalue weighted by Gasteiger charge is -2.17. The Labute approximate surface area is 160 Å². The van der Waals surface area contributed by atoms with E-state index in [4.69, 9.17) is 4.74 Å². The molecule has 0 aliphatic carbocycles. The fourth-order valence-corrected chi connectivity index (χ4v) is 3.27. The standard InChI is InChI=1S/C22H26N2O3/c1-4-15(2)16-5-7-18(8-6-16)23-22(26)17-13-21(25)24(14-17)19-9-11-20(27-3)12-10-19/h5-12,15,17H,4,13-14H2,1-3H3,(H,23,26)/t15-,17-/m1/s1. The van der Waals surface area contributed by atoms with Gasteiger partial charge in [-0.3, -0.25) is 9.59 Å². The van der Waals surface area contributed by atoms with Gasteiger partial charge in [0.2, 0.25) is 11.8 Å². The van der Waals surface area contributed by atoms with E-state index in [2.05, 4.69) is 19.2 Å². The van der Waals surface area contributed by atoms with Crippen molar-refractivity contribution < 1.29 is 14.3 Å². The SMILES string of the molecule is CC[C@@H](C)c1ccc(NC(=O)[C@@H]2CC(=O)N(c3ccc(OC)cc3)C2)cc1. The van der Waals surface area contributed by atoms with E-state index in [0.717, 1.165) is 23.5 Å². The summed E-state index contributed by atoms with van der Waals surface area (Å²) in [7, 11) is 1.60. The Morgan fingerprint density at radius 3 is 2.44 bits per heavy atom. The maximum atomic E-state index is 12.6. The molecule has 0 bridgehead atoms. The highest BCUT2D eigenvalue weighted by Gasteiger charge is 2.35. The van der Waals surface area contributed by atoms with Crippen molar-refractivity contribution in [3.63, 3.8) is 0 Å². The highest BCUT2D eigenvalue weighted by atomic mass is 16.5. The van der Waals surface area contributed by atoms with Crippen LogP contribution in [0.4, 0.5) is 11.4 Å². The highest BCUT2D eigenvalue weighted by Crippen LogP contribution is 2.28. The minimum Gasteiger partial charge on any atom is -0.497 e. The fraction of sp³-hybridized carbons (Fsp3) is 0.364. The van der Waals surface area contributed by atoms with Crippen LogP contribution in [0, 0.1) is 5.92 Å². The summed E-state index contributed by atoms with van der Waals surface area (Å²) in [5.41, 5.74) is 2.81. The van der Waals surface area contributed by atoms with Gasteiger partial charge in [-0.15, -0.1) is 0 Å². The number of amides is 2. The van der Waals surface area contributed by atoms with E-state index in [9.17, 15) is 9.59 Å². The first-order valence-electron chi connectivity index (χ1n) is 9.37. The van der Waals surface area contributed by atoms with Crippen molar-refractivity contribution in [1.82, 2.24) is 0 Å². The summed E-state index contributed by atoms with van der Waals surface area (Å²) < 4.78 is 5.15. The molecule has 0 radical (unpaired) electrons. The zero-order valence-corrected chi connectivity index (χ0v) is 16.1. The number of benzene rings is 2. The van der Waals surface area contributed by atoms with E-state index in [1.807, 2.05) is 48.5 Å². The minimum atomic E-state index is -0.353. The number of carbonyl (C=O) groups excluding carboxylic acids is 2. The molecule has 1 fully saturated rings. The van der Waals surface area contributed by atoms with Gasteiger partial charge in [-0.1, -0.05) is 26.0 Å². The third-order valence-corrected chi connectivity index (χ3v) is 5.24. The van der Waals surface area contributed by atoms with Gasteiger partial charge < -0.3 is 15.0 Å². The van der Waals surface area contributed by atoms with Crippen molar-refractivity contribution in [2.45, 2.75) is 32.6 Å². The van der Waals surface area contributed by atoms with Crippen LogP contribution in [0.5, 0.6) is 5.75 Å². The molecule has 5 heteroatoms. The van der Waals surface area contributed by atoms with E-state index >= 15 is 0 Å². The summed E-state index contributed by atoms with van der Waals surface area (Å²) in [6.45, 7) is 4.74. The Morgan fingerprint density at radius 1 is 1.19 bits per heavy atom. The lowest BCUT2D eigenvalue weighted by molar-refractivity contribution is -0.122.